The number of hydrogen-bond donors (Lipinski definition) is 0. The summed E-state index contributed by atoms with van der Waals surface area (Å²) in [6.45, 7) is 1.89. The molecule has 3 aromatic rings. The van der Waals surface area contributed by atoms with Crippen molar-refractivity contribution in [1.29, 1.82) is 0 Å². The fourth-order valence-corrected chi connectivity index (χ4v) is 2.54. The van der Waals surface area contributed by atoms with Crippen LogP contribution in [0.25, 0.3) is 10.9 Å². The molecule has 0 aliphatic heterocycles. The van der Waals surface area contributed by atoms with Crippen molar-refractivity contribution in [2.75, 3.05) is 6.61 Å². The zero-order chi connectivity index (χ0) is 18.7. The average Bonchev–Trinajstić information content (AvgIpc) is 2.98. The highest BCUT2D eigenvalue weighted by molar-refractivity contribution is 5.92. The van der Waals surface area contributed by atoms with Crippen LogP contribution in [0.2, 0.25) is 0 Å². The largest absolute Gasteiger partial charge is 0.449 e. The van der Waals surface area contributed by atoms with E-state index in [4.69, 9.17) is 4.74 Å². The molecule has 0 N–H and O–H groups in total. The first-order valence-electron chi connectivity index (χ1n) is 7.87. The summed E-state index contributed by atoms with van der Waals surface area (Å²) in [7, 11) is 0. The van der Waals surface area contributed by atoms with Crippen LogP contribution in [0.4, 0.5) is 18.0 Å². The molecule has 3 rings (SSSR count). The van der Waals surface area contributed by atoms with Crippen molar-refractivity contribution in [3.8, 4) is 11.8 Å². The van der Waals surface area contributed by atoms with Gasteiger partial charge >= 0.3 is 12.3 Å². The van der Waals surface area contributed by atoms with E-state index in [1.54, 1.807) is 25.1 Å². The fraction of sp³-hybridized carbons (Fsp3) is 0.150. The van der Waals surface area contributed by atoms with Gasteiger partial charge < -0.3 is 4.74 Å². The maximum absolute atomic E-state index is 12.8. The Morgan fingerprint density at radius 2 is 1.85 bits per heavy atom. The number of hydrogen-bond acceptors (Lipinski definition) is 2. The lowest BCUT2D eigenvalue weighted by atomic mass is 10.1. The number of rotatable bonds is 1. The van der Waals surface area contributed by atoms with E-state index in [1.165, 1.54) is 16.7 Å². The molecule has 0 aliphatic carbocycles. The number of aromatic nitrogens is 1. The average molecular weight is 357 g/mol. The molecule has 132 valence electrons. The van der Waals surface area contributed by atoms with Crippen molar-refractivity contribution in [2.24, 2.45) is 0 Å². The summed E-state index contributed by atoms with van der Waals surface area (Å²) in [5.74, 6) is 5.47. The molecule has 0 unspecified atom stereocenters. The lowest BCUT2D eigenvalue weighted by Crippen LogP contribution is -2.14. The molecule has 0 amide bonds. The monoisotopic (exact) mass is 357 g/mol. The van der Waals surface area contributed by atoms with Gasteiger partial charge in [-0.3, -0.25) is 0 Å². The smallest absolute Gasteiger partial charge is 0.419 e. The molecule has 0 saturated carbocycles. The van der Waals surface area contributed by atoms with Gasteiger partial charge in [-0.2, -0.15) is 13.2 Å². The Bertz CT molecular complexity index is 1020. The van der Waals surface area contributed by atoms with Gasteiger partial charge in [0.2, 0.25) is 0 Å². The fourth-order valence-electron chi connectivity index (χ4n) is 2.54. The maximum atomic E-state index is 12.8. The highest BCUT2D eigenvalue weighted by Gasteiger charge is 2.30. The van der Waals surface area contributed by atoms with Gasteiger partial charge in [0.25, 0.3) is 0 Å². The third-order valence-corrected chi connectivity index (χ3v) is 3.69. The minimum Gasteiger partial charge on any atom is -0.449 e. The van der Waals surface area contributed by atoms with Crippen LogP contribution in [0.5, 0.6) is 0 Å². The van der Waals surface area contributed by atoms with Gasteiger partial charge in [0.1, 0.15) is 5.69 Å². The van der Waals surface area contributed by atoms with Gasteiger partial charge in [0.15, 0.2) is 0 Å². The van der Waals surface area contributed by atoms with Gasteiger partial charge in [-0.25, -0.2) is 9.36 Å². The Kier molecular flexibility index (Phi) is 4.72. The van der Waals surface area contributed by atoms with Crippen molar-refractivity contribution >= 4 is 17.0 Å². The number of carbonyl (C=O) groups excluding carboxylic acids is 1. The van der Waals surface area contributed by atoms with E-state index in [0.717, 1.165) is 17.5 Å². The SMILES string of the molecule is CCOC(=O)n1c(C#Cc2cccc(C(F)(F)F)c2)cc2ccccc21. The van der Waals surface area contributed by atoms with Crippen molar-refractivity contribution in [3.63, 3.8) is 0 Å². The first-order chi connectivity index (χ1) is 12.4. The summed E-state index contributed by atoms with van der Waals surface area (Å²) in [5.41, 5.74) is 0.414. The molecular weight excluding hydrogens is 343 g/mol. The Labute approximate surface area is 148 Å². The second-order valence-corrected chi connectivity index (χ2v) is 5.45. The van der Waals surface area contributed by atoms with Crippen LogP contribution in [0.3, 0.4) is 0 Å². The molecule has 0 radical (unpaired) electrons. The highest BCUT2D eigenvalue weighted by atomic mass is 19.4. The number of benzene rings is 2. The van der Waals surface area contributed by atoms with E-state index in [2.05, 4.69) is 11.8 Å². The summed E-state index contributed by atoms with van der Waals surface area (Å²) in [6, 6.07) is 13.6. The predicted molar refractivity (Wildman–Crippen MR) is 91.8 cm³/mol. The summed E-state index contributed by atoms with van der Waals surface area (Å²) in [6.07, 6.45) is -5.01. The summed E-state index contributed by atoms with van der Waals surface area (Å²) < 4.78 is 44.8. The van der Waals surface area contributed by atoms with Gasteiger partial charge in [-0.1, -0.05) is 30.2 Å². The van der Waals surface area contributed by atoms with Crippen LogP contribution < -0.4 is 0 Å². The van der Waals surface area contributed by atoms with Crippen molar-refractivity contribution in [1.82, 2.24) is 4.57 Å². The van der Waals surface area contributed by atoms with E-state index in [0.29, 0.717) is 11.2 Å². The van der Waals surface area contributed by atoms with Gasteiger partial charge in [-0.15, -0.1) is 0 Å². The zero-order valence-electron chi connectivity index (χ0n) is 13.8. The number of fused-ring (bicyclic) bond motifs is 1. The number of halogens is 3. The molecule has 0 atom stereocenters. The molecule has 0 aliphatic rings. The molecule has 3 nitrogen and oxygen atoms in total. The van der Waals surface area contributed by atoms with Crippen LogP contribution in [0, 0.1) is 11.8 Å². The Morgan fingerprint density at radius 1 is 1.08 bits per heavy atom. The predicted octanol–water partition coefficient (Wildman–Crippen LogP) is 5.06. The van der Waals surface area contributed by atoms with Crippen LogP contribution in [-0.4, -0.2) is 17.3 Å². The van der Waals surface area contributed by atoms with Crippen LogP contribution in [0.15, 0.2) is 54.6 Å². The minimum absolute atomic E-state index is 0.200. The van der Waals surface area contributed by atoms with Crippen LogP contribution >= 0.6 is 0 Å². The molecule has 0 fully saturated rings. The topological polar surface area (TPSA) is 31.2 Å². The molecule has 1 aromatic heterocycles. The number of ether oxygens (including phenoxy) is 1. The van der Waals surface area contributed by atoms with Gasteiger partial charge in [0.05, 0.1) is 17.7 Å². The van der Waals surface area contributed by atoms with E-state index < -0.39 is 17.8 Å². The lowest BCUT2D eigenvalue weighted by Gasteiger charge is -2.06. The highest BCUT2D eigenvalue weighted by Crippen LogP contribution is 2.29. The Balaban J connectivity index is 2.07. The summed E-state index contributed by atoms with van der Waals surface area (Å²) in [4.78, 5) is 12.3. The van der Waals surface area contributed by atoms with E-state index in [1.807, 2.05) is 12.1 Å². The van der Waals surface area contributed by atoms with Crippen molar-refractivity contribution in [2.45, 2.75) is 13.1 Å². The summed E-state index contributed by atoms with van der Waals surface area (Å²) >= 11 is 0. The van der Waals surface area contributed by atoms with E-state index in [-0.39, 0.29) is 12.2 Å². The second kappa shape index (κ2) is 6.96. The molecule has 0 saturated heterocycles. The molecular formula is C20H14F3NO2. The first-order valence-corrected chi connectivity index (χ1v) is 7.87. The molecule has 0 bridgehead atoms. The van der Waals surface area contributed by atoms with Crippen LogP contribution in [0.1, 0.15) is 23.7 Å². The zero-order valence-corrected chi connectivity index (χ0v) is 13.8. The minimum atomic E-state index is -4.43. The van der Waals surface area contributed by atoms with Gasteiger partial charge in [0, 0.05) is 10.9 Å². The Hall–Kier alpha value is -3.20. The normalized spacial score (nSPS) is 11.1. The third-order valence-electron chi connectivity index (χ3n) is 3.69. The number of para-hydroxylation sites is 1. The first kappa shape index (κ1) is 17.6. The number of nitrogens with zero attached hydrogens (tertiary/aromatic N) is 1. The molecule has 0 spiro atoms. The van der Waals surface area contributed by atoms with Crippen molar-refractivity contribution in [3.05, 3.63) is 71.4 Å². The Morgan fingerprint density at radius 3 is 2.58 bits per heavy atom. The lowest BCUT2D eigenvalue weighted by molar-refractivity contribution is -0.137. The number of alkyl halides is 3. The molecule has 26 heavy (non-hydrogen) atoms. The van der Waals surface area contributed by atoms with E-state index in [9.17, 15) is 18.0 Å². The quantitative estimate of drug-likeness (QED) is 0.570. The molecule has 2 aromatic carbocycles. The second-order valence-electron chi connectivity index (χ2n) is 5.45. The third kappa shape index (κ3) is 3.57. The standard InChI is InChI=1S/C20H14F3NO2/c1-2-26-19(25)24-17(13-15-7-3-4-9-18(15)24)11-10-14-6-5-8-16(12-14)20(21,22)23/h3-9,12-13H,2H2,1H3. The van der Waals surface area contributed by atoms with Crippen LogP contribution in [-0.2, 0) is 10.9 Å². The summed E-state index contributed by atoms with van der Waals surface area (Å²) in [5, 5.41) is 0.786. The van der Waals surface area contributed by atoms with E-state index >= 15 is 0 Å². The molecule has 6 heteroatoms. The maximum Gasteiger partial charge on any atom is 0.419 e. The van der Waals surface area contributed by atoms with Gasteiger partial charge in [-0.05, 0) is 43.2 Å². The molecule has 1 heterocycles. The number of carbonyl (C=O) groups is 1. The van der Waals surface area contributed by atoms with Crippen molar-refractivity contribution < 1.29 is 22.7 Å².